The number of aryl methyl sites for hydroxylation is 1. The van der Waals surface area contributed by atoms with Gasteiger partial charge in [-0.3, -0.25) is 4.79 Å². The second kappa shape index (κ2) is 6.29. The number of amides is 1. The van der Waals surface area contributed by atoms with E-state index in [9.17, 15) is 9.90 Å². The van der Waals surface area contributed by atoms with Gasteiger partial charge in [-0.1, -0.05) is 35.5 Å². The van der Waals surface area contributed by atoms with Crippen LogP contribution in [-0.4, -0.2) is 27.7 Å². The van der Waals surface area contributed by atoms with E-state index >= 15 is 0 Å². The summed E-state index contributed by atoms with van der Waals surface area (Å²) in [7, 11) is 0. The molecule has 0 saturated heterocycles. The number of hydrogen-bond donors (Lipinski definition) is 2. The van der Waals surface area contributed by atoms with Gasteiger partial charge >= 0.3 is 0 Å². The Bertz CT molecular complexity index is 916. The summed E-state index contributed by atoms with van der Waals surface area (Å²) >= 11 is 0. The van der Waals surface area contributed by atoms with Crippen molar-refractivity contribution < 1.29 is 14.4 Å². The largest absolute Gasteiger partial charge is 0.387 e. The molecule has 1 aliphatic carbocycles. The molecule has 2 heterocycles. The van der Waals surface area contributed by atoms with Gasteiger partial charge in [-0.05, 0) is 31.4 Å². The van der Waals surface area contributed by atoms with Gasteiger partial charge in [-0.2, -0.15) is 0 Å². The molecular formula is C19H19N3O3. The highest BCUT2D eigenvalue weighted by atomic mass is 16.5. The van der Waals surface area contributed by atoms with Crippen LogP contribution in [0.1, 0.15) is 52.2 Å². The molecule has 0 aliphatic heterocycles. The van der Waals surface area contributed by atoms with Crippen molar-refractivity contribution in [2.24, 2.45) is 0 Å². The molecule has 6 heteroatoms. The Morgan fingerprint density at radius 1 is 1.36 bits per heavy atom. The van der Waals surface area contributed by atoms with Crippen LogP contribution in [0.2, 0.25) is 0 Å². The maximum absolute atomic E-state index is 12.7. The highest BCUT2D eigenvalue weighted by Gasteiger charge is 2.28. The van der Waals surface area contributed by atoms with Crippen LogP contribution in [0, 0.1) is 6.92 Å². The molecule has 1 aliphatic rings. The number of pyridine rings is 1. The average Bonchev–Trinajstić information content (AvgIpc) is 3.43. The number of carbonyl (C=O) groups excluding carboxylic acids is 1. The first kappa shape index (κ1) is 15.8. The number of nitrogens with one attached hydrogen (secondary N) is 1. The van der Waals surface area contributed by atoms with E-state index in [4.69, 9.17) is 4.52 Å². The van der Waals surface area contributed by atoms with E-state index in [1.807, 2.05) is 36.4 Å². The van der Waals surface area contributed by atoms with Crippen molar-refractivity contribution in [3.63, 3.8) is 0 Å². The third kappa shape index (κ3) is 3.13. The van der Waals surface area contributed by atoms with Gasteiger partial charge in [-0.15, -0.1) is 0 Å². The number of aliphatic hydroxyl groups is 1. The van der Waals surface area contributed by atoms with Crippen molar-refractivity contribution in [3.8, 4) is 0 Å². The van der Waals surface area contributed by atoms with Gasteiger partial charge in [0.15, 0.2) is 0 Å². The van der Waals surface area contributed by atoms with Crippen LogP contribution >= 0.6 is 0 Å². The van der Waals surface area contributed by atoms with Crippen LogP contribution in [0.4, 0.5) is 0 Å². The molecule has 0 unspecified atom stereocenters. The quantitative estimate of drug-likeness (QED) is 0.747. The zero-order valence-electron chi connectivity index (χ0n) is 13.9. The number of nitrogens with zero attached hydrogens (tertiary/aromatic N) is 2. The van der Waals surface area contributed by atoms with E-state index in [1.165, 1.54) is 0 Å². The fourth-order valence-corrected chi connectivity index (χ4v) is 2.96. The van der Waals surface area contributed by atoms with E-state index in [2.05, 4.69) is 15.5 Å². The minimum atomic E-state index is -0.756. The van der Waals surface area contributed by atoms with Crippen molar-refractivity contribution in [1.29, 1.82) is 0 Å². The van der Waals surface area contributed by atoms with E-state index in [1.54, 1.807) is 6.92 Å². The van der Waals surface area contributed by atoms with Crippen LogP contribution in [0.25, 0.3) is 11.1 Å². The maximum Gasteiger partial charge on any atom is 0.259 e. The molecule has 25 heavy (non-hydrogen) atoms. The van der Waals surface area contributed by atoms with Gasteiger partial charge in [0, 0.05) is 18.2 Å². The monoisotopic (exact) mass is 337 g/mol. The Morgan fingerprint density at radius 2 is 2.12 bits per heavy atom. The zero-order valence-corrected chi connectivity index (χ0v) is 13.9. The second-order valence-corrected chi connectivity index (χ2v) is 6.45. The van der Waals surface area contributed by atoms with Crippen molar-refractivity contribution in [1.82, 2.24) is 15.5 Å². The maximum atomic E-state index is 12.7. The molecule has 6 nitrogen and oxygen atoms in total. The SMILES string of the molecule is Cc1noc2nc(C3CC3)cc(C(=O)NC[C@H](O)c3ccccc3)c12. The topological polar surface area (TPSA) is 88.2 Å². The highest BCUT2D eigenvalue weighted by Crippen LogP contribution is 2.40. The van der Waals surface area contributed by atoms with Crippen molar-refractivity contribution >= 4 is 17.0 Å². The second-order valence-electron chi connectivity index (χ2n) is 6.45. The lowest BCUT2D eigenvalue weighted by Crippen LogP contribution is -2.28. The van der Waals surface area contributed by atoms with E-state index in [0.29, 0.717) is 28.3 Å². The number of aromatic nitrogens is 2. The average molecular weight is 337 g/mol. The lowest BCUT2D eigenvalue weighted by atomic mass is 10.1. The lowest BCUT2D eigenvalue weighted by molar-refractivity contribution is 0.0917. The lowest BCUT2D eigenvalue weighted by Gasteiger charge is -2.13. The predicted octanol–water partition coefficient (Wildman–Crippen LogP) is 2.87. The first-order valence-electron chi connectivity index (χ1n) is 8.41. The summed E-state index contributed by atoms with van der Waals surface area (Å²) in [4.78, 5) is 17.2. The Balaban J connectivity index is 1.58. The summed E-state index contributed by atoms with van der Waals surface area (Å²) in [6.07, 6.45) is 1.41. The molecule has 1 amide bonds. The summed E-state index contributed by atoms with van der Waals surface area (Å²) in [6, 6.07) is 11.1. The molecule has 2 aromatic heterocycles. The predicted molar refractivity (Wildman–Crippen MR) is 92.3 cm³/mol. The number of benzene rings is 1. The summed E-state index contributed by atoms with van der Waals surface area (Å²) in [6.45, 7) is 1.93. The van der Waals surface area contributed by atoms with Crippen molar-refractivity contribution in [2.45, 2.75) is 31.8 Å². The van der Waals surface area contributed by atoms with E-state index in [0.717, 1.165) is 24.1 Å². The summed E-state index contributed by atoms with van der Waals surface area (Å²) in [5, 5.41) is 17.6. The first-order valence-corrected chi connectivity index (χ1v) is 8.41. The summed E-state index contributed by atoms with van der Waals surface area (Å²) in [5.74, 6) is 0.145. The molecule has 0 radical (unpaired) electrons. The molecule has 1 saturated carbocycles. The van der Waals surface area contributed by atoms with Gasteiger partial charge in [-0.25, -0.2) is 4.98 Å². The van der Waals surface area contributed by atoms with E-state index in [-0.39, 0.29) is 12.5 Å². The van der Waals surface area contributed by atoms with Gasteiger partial charge in [0.1, 0.15) is 0 Å². The molecule has 128 valence electrons. The third-order valence-corrected chi connectivity index (χ3v) is 4.52. The molecule has 4 rings (SSSR count). The molecule has 2 N–H and O–H groups in total. The van der Waals surface area contributed by atoms with Gasteiger partial charge in [0.05, 0.1) is 22.7 Å². The number of aliphatic hydroxyl groups excluding tert-OH is 1. The Kier molecular flexibility index (Phi) is 3.97. The third-order valence-electron chi connectivity index (χ3n) is 4.52. The highest BCUT2D eigenvalue weighted by molar-refractivity contribution is 6.06. The Hall–Kier alpha value is -2.73. The summed E-state index contributed by atoms with van der Waals surface area (Å²) < 4.78 is 5.26. The van der Waals surface area contributed by atoms with Crippen molar-refractivity contribution in [2.75, 3.05) is 6.54 Å². The zero-order chi connectivity index (χ0) is 17.4. The fourth-order valence-electron chi connectivity index (χ4n) is 2.96. The van der Waals surface area contributed by atoms with Crippen LogP contribution in [0.3, 0.4) is 0 Å². The number of rotatable bonds is 5. The number of fused-ring (bicyclic) bond motifs is 1. The van der Waals surface area contributed by atoms with Crippen LogP contribution < -0.4 is 5.32 Å². The molecule has 3 aromatic rings. The number of hydrogen-bond acceptors (Lipinski definition) is 5. The van der Waals surface area contributed by atoms with Gasteiger partial charge in [0.2, 0.25) is 0 Å². The van der Waals surface area contributed by atoms with Crippen LogP contribution in [0.15, 0.2) is 40.9 Å². The number of carbonyl (C=O) groups is 1. The van der Waals surface area contributed by atoms with E-state index < -0.39 is 6.10 Å². The normalized spacial score (nSPS) is 15.3. The molecule has 1 fully saturated rings. The van der Waals surface area contributed by atoms with Gasteiger partial charge < -0.3 is 14.9 Å². The molecule has 0 bridgehead atoms. The molecule has 1 aromatic carbocycles. The summed E-state index contributed by atoms with van der Waals surface area (Å²) in [5.41, 5.74) is 3.18. The smallest absolute Gasteiger partial charge is 0.259 e. The Labute approximate surface area is 144 Å². The fraction of sp³-hybridized carbons (Fsp3) is 0.316. The standard InChI is InChI=1S/C19H19N3O3/c1-11-17-14(9-15(12-7-8-12)21-19(17)25-22-11)18(24)20-10-16(23)13-5-3-2-4-6-13/h2-6,9,12,16,23H,7-8,10H2,1H3,(H,20,24)/t16-/m0/s1. The molecular weight excluding hydrogens is 318 g/mol. The van der Waals surface area contributed by atoms with Gasteiger partial charge in [0.25, 0.3) is 11.6 Å². The first-order chi connectivity index (χ1) is 12.1. The van der Waals surface area contributed by atoms with Crippen LogP contribution in [-0.2, 0) is 0 Å². The van der Waals surface area contributed by atoms with Crippen molar-refractivity contribution in [3.05, 3.63) is 58.9 Å². The molecule has 0 spiro atoms. The van der Waals surface area contributed by atoms with Crippen LogP contribution in [0.5, 0.6) is 0 Å². The molecule has 1 atom stereocenters. The minimum Gasteiger partial charge on any atom is -0.387 e. The Morgan fingerprint density at radius 3 is 2.84 bits per heavy atom. The minimum absolute atomic E-state index is 0.135.